The minimum atomic E-state index is -0.568. The van der Waals surface area contributed by atoms with Gasteiger partial charge < -0.3 is 10.2 Å². The molecular weight excluding hydrogens is 362 g/mol. The zero-order valence-corrected chi connectivity index (χ0v) is 15.7. The van der Waals surface area contributed by atoms with Crippen LogP contribution in [-0.2, 0) is 14.4 Å². The molecule has 2 heterocycles. The molecule has 0 aromatic carbocycles. The van der Waals surface area contributed by atoms with Gasteiger partial charge in [-0.05, 0) is 37.0 Å². The van der Waals surface area contributed by atoms with Gasteiger partial charge in [0.15, 0.2) is 5.82 Å². The third-order valence-electron chi connectivity index (χ3n) is 6.06. The number of aromatic nitrogens is 2. The highest BCUT2D eigenvalue weighted by atomic mass is 16.5. The molecule has 1 saturated heterocycles. The van der Waals surface area contributed by atoms with Gasteiger partial charge >= 0.3 is 0 Å². The van der Waals surface area contributed by atoms with Gasteiger partial charge in [0, 0.05) is 18.9 Å². The van der Waals surface area contributed by atoms with Crippen LogP contribution in [0.5, 0.6) is 0 Å². The fraction of sp³-hybridized carbons (Fsp3) is 0.632. The van der Waals surface area contributed by atoms with Crippen molar-refractivity contribution in [2.75, 3.05) is 18.4 Å². The van der Waals surface area contributed by atoms with Crippen molar-refractivity contribution in [3.63, 3.8) is 0 Å². The largest absolute Gasteiger partial charge is 0.330 e. The van der Waals surface area contributed by atoms with Crippen LogP contribution >= 0.6 is 0 Å². The van der Waals surface area contributed by atoms with Crippen LogP contribution in [0.15, 0.2) is 18.6 Å². The molecule has 150 valence electrons. The van der Waals surface area contributed by atoms with Crippen molar-refractivity contribution in [2.45, 2.75) is 44.6 Å². The van der Waals surface area contributed by atoms with Crippen molar-refractivity contribution in [1.82, 2.24) is 19.9 Å². The Morgan fingerprint density at radius 2 is 2.18 bits per heavy atom. The van der Waals surface area contributed by atoms with Crippen LogP contribution in [0.2, 0.25) is 0 Å². The van der Waals surface area contributed by atoms with Gasteiger partial charge in [-0.1, -0.05) is 12.8 Å². The average Bonchev–Trinajstić information content (AvgIpc) is 3.60. The fourth-order valence-corrected chi connectivity index (χ4v) is 4.15. The minimum Gasteiger partial charge on any atom is -0.330 e. The van der Waals surface area contributed by atoms with Crippen molar-refractivity contribution in [2.24, 2.45) is 17.3 Å². The number of amides is 3. The molecule has 2 N–H and O–H groups in total. The molecule has 4 rings (SSSR count). The van der Waals surface area contributed by atoms with Gasteiger partial charge in [-0.2, -0.15) is 0 Å². The van der Waals surface area contributed by atoms with Crippen molar-refractivity contribution >= 4 is 24.0 Å². The second-order valence-corrected chi connectivity index (χ2v) is 8.37. The molecule has 2 atom stereocenters. The smallest absolute Gasteiger partial charge is 0.248 e. The van der Waals surface area contributed by atoms with Gasteiger partial charge in [0.05, 0.1) is 18.7 Å². The Hall–Kier alpha value is -2.55. The van der Waals surface area contributed by atoms with E-state index in [9.17, 15) is 19.6 Å². The number of carbonyl (C=O) groups is 3. The summed E-state index contributed by atoms with van der Waals surface area (Å²) in [6.07, 6.45) is 10.2. The average molecular weight is 387 g/mol. The molecule has 1 spiro atoms. The van der Waals surface area contributed by atoms with Crippen molar-refractivity contribution in [1.29, 1.82) is 0 Å². The van der Waals surface area contributed by atoms with E-state index in [0.717, 1.165) is 25.7 Å². The van der Waals surface area contributed by atoms with Gasteiger partial charge in [-0.3, -0.25) is 24.6 Å². The zero-order chi connectivity index (χ0) is 19.7. The number of carbonyl (C=O) groups excluding carboxylic acids is 3. The molecule has 3 aliphatic rings. The summed E-state index contributed by atoms with van der Waals surface area (Å²) in [5.74, 6) is -0.106. The Morgan fingerprint density at radius 1 is 1.39 bits per heavy atom. The maximum absolute atomic E-state index is 13.3. The highest BCUT2D eigenvalue weighted by molar-refractivity contribution is 5.97. The predicted octanol–water partition coefficient (Wildman–Crippen LogP) is 1.06. The monoisotopic (exact) mass is 387 g/mol. The fourth-order valence-electron chi connectivity index (χ4n) is 4.15. The summed E-state index contributed by atoms with van der Waals surface area (Å²) >= 11 is 0. The molecule has 28 heavy (non-hydrogen) atoms. The number of hydroxylamine groups is 2. The summed E-state index contributed by atoms with van der Waals surface area (Å²) in [6, 6.07) is -0.568. The van der Waals surface area contributed by atoms with Crippen molar-refractivity contribution < 1.29 is 19.6 Å². The van der Waals surface area contributed by atoms with E-state index in [0.29, 0.717) is 42.6 Å². The number of hydrogen-bond donors (Lipinski definition) is 2. The molecule has 2 aliphatic carbocycles. The third-order valence-corrected chi connectivity index (χ3v) is 6.06. The maximum atomic E-state index is 13.3. The second-order valence-electron chi connectivity index (χ2n) is 8.37. The predicted molar refractivity (Wildman–Crippen MR) is 97.8 cm³/mol. The van der Waals surface area contributed by atoms with Crippen LogP contribution < -0.4 is 5.32 Å². The van der Waals surface area contributed by atoms with E-state index in [1.807, 2.05) is 0 Å². The molecule has 0 radical (unpaired) electrons. The number of nitrogens with one attached hydrogen (secondary N) is 1. The summed E-state index contributed by atoms with van der Waals surface area (Å²) in [4.78, 5) is 46.7. The summed E-state index contributed by atoms with van der Waals surface area (Å²) in [7, 11) is 0. The van der Waals surface area contributed by atoms with Gasteiger partial charge in [-0.25, -0.2) is 10.0 Å². The first-order valence-electron chi connectivity index (χ1n) is 9.78. The van der Waals surface area contributed by atoms with Gasteiger partial charge in [0.25, 0.3) is 0 Å². The minimum absolute atomic E-state index is 0.0354. The molecule has 0 unspecified atom stereocenters. The normalized spacial score (nSPS) is 23.3. The lowest BCUT2D eigenvalue weighted by Crippen LogP contribution is -2.47. The molecule has 0 bridgehead atoms. The standard InChI is InChI=1S/C19H25N5O4/c25-12-23(28)10-14(7-13-1-2-13)18(27)24-11-19(3-4-19)8-15(24)17(26)22-16-9-20-5-6-21-16/h5-6,9,12-15,28H,1-4,7-8,10-11H2,(H,21,22,26)/t14-,15+/m1/s1. The van der Waals surface area contributed by atoms with Crippen LogP contribution in [0.25, 0.3) is 0 Å². The highest BCUT2D eigenvalue weighted by Gasteiger charge is 2.56. The first-order valence-corrected chi connectivity index (χ1v) is 9.78. The van der Waals surface area contributed by atoms with E-state index in [-0.39, 0.29) is 23.8 Å². The summed E-state index contributed by atoms with van der Waals surface area (Å²) in [6.45, 7) is 0.513. The third kappa shape index (κ3) is 4.14. The summed E-state index contributed by atoms with van der Waals surface area (Å²) < 4.78 is 0. The van der Waals surface area contributed by atoms with E-state index >= 15 is 0 Å². The Bertz CT molecular complexity index is 750. The van der Waals surface area contributed by atoms with E-state index in [4.69, 9.17) is 0 Å². The van der Waals surface area contributed by atoms with E-state index in [1.54, 1.807) is 4.90 Å². The van der Waals surface area contributed by atoms with Crippen molar-refractivity contribution in [3.8, 4) is 0 Å². The molecular formula is C19H25N5O4. The lowest BCUT2D eigenvalue weighted by atomic mass is 9.99. The lowest BCUT2D eigenvalue weighted by Gasteiger charge is -2.29. The number of rotatable bonds is 8. The van der Waals surface area contributed by atoms with Crippen LogP contribution in [0, 0.1) is 17.3 Å². The Kier molecular flexibility index (Phi) is 5.01. The summed E-state index contributed by atoms with van der Waals surface area (Å²) in [5, 5.41) is 12.9. The first-order chi connectivity index (χ1) is 13.5. The molecule has 3 fully saturated rings. The zero-order valence-electron chi connectivity index (χ0n) is 15.7. The molecule has 2 saturated carbocycles. The SMILES string of the molecule is O=CN(O)C[C@@H](CC1CC1)C(=O)N1CC2(CC2)C[C@H]1C(=O)Nc1cnccn1. The van der Waals surface area contributed by atoms with Crippen LogP contribution in [0.1, 0.15) is 38.5 Å². The highest BCUT2D eigenvalue weighted by Crippen LogP contribution is 2.55. The van der Waals surface area contributed by atoms with Crippen LogP contribution in [0.3, 0.4) is 0 Å². The lowest BCUT2D eigenvalue weighted by molar-refractivity contribution is -0.158. The molecule has 3 amide bonds. The van der Waals surface area contributed by atoms with Crippen molar-refractivity contribution in [3.05, 3.63) is 18.6 Å². The molecule has 1 aromatic rings. The van der Waals surface area contributed by atoms with E-state index < -0.39 is 12.0 Å². The number of likely N-dealkylation sites (tertiary alicyclic amines) is 1. The Morgan fingerprint density at radius 3 is 2.79 bits per heavy atom. The van der Waals surface area contributed by atoms with E-state index in [1.165, 1.54) is 18.6 Å². The van der Waals surface area contributed by atoms with Gasteiger partial charge in [-0.15, -0.1) is 0 Å². The van der Waals surface area contributed by atoms with Gasteiger partial charge in [0.1, 0.15) is 6.04 Å². The Labute approximate surface area is 163 Å². The number of nitrogens with zero attached hydrogens (tertiary/aromatic N) is 4. The molecule has 1 aliphatic heterocycles. The first kappa shape index (κ1) is 18.8. The number of anilines is 1. The van der Waals surface area contributed by atoms with E-state index in [2.05, 4.69) is 15.3 Å². The summed E-state index contributed by atoms with van der Waals surface area (Å²) in [5.41, 5.74) is 0.0354. The Balaban J connectivity index is 1.49. The quantitative estimate of drug-likeness (QED) is 0.391. The van der Waals surface area contributed by atoms with Gasteiger partial charge in [0.2, 0.25) is 18.2 Å². The maximum Gasteiger partial charge on any atom is 0.248 e. The molecule has 9 nitrogen and oxygen atoms in total. The number of hydrogen-bond acceptors (Lipinski definition) is 6. The van der Waals surface area contributed by atoms with Crippen LogP contribution in [0.4, 0.5) is 5.82 Å². The van der Waals surface area contributed by atoms with Crippen LogP contribution in [-0.4, -0.2) is 62.5 Å². The molecule has 1 aromatic heterocycles. The molecule has 9 heteroatoms. The second kappa shape index (κ2) is 7.46. The topological polar surface area (TPSA) is 116 Å².